The van der Waals surface area contributed by atoms with Crippen LogP contribution in [0.15, 0.2) is 35.3 Å². The highest BCUT2D eigenvalue weighted by atomic mass is 16.3. The Labute approximate surface area is 98.5 Å². The molecule has 0 radical (unpaired) electrons. The molecule has 0 aliphatic rings. The summed E-state index contributed by atoms with van der Waals surface area (Å²) in [5.41, 5.74) is 6.65. The molecule has 0 saturated carbocycles. The van der Waals surface area contributed by atoms with Crippen molar-refractivity contribution in [2.45, 2.75) is 12.8 Å². The molecule has 0 aliphatic heterocycles. The van der Waals surface area contributed by atoms with Crippen LogP contribution < -0.4 is 11.3 Å². The van der Waals surface area contributed by atoms with Gasteiger partial charge in [0.15, 0.2) is 0 Å². The number of rotatable bonds is 4. The molecule has 0 amide bonds. The molecule has 0 fully saturated rings. The average molecular weight is 233 g/mol. The number of benzene rings is 1. The maximum atomic E-state index is 12.0. The number of hydrogen-bond donors (Lipinski definition) is 3. The first-order chi connectivity index (χ1) is 8.22. The van der Waals surface area contributed by atoms with Crippen LogP contribution in [-0.2, 0) is 6.42 Å². The van der Waals surface area contributed by atoms with E-state index in [1.54, 1.807) is 24.4 Å². The lowest BCUT2D eigenvalue weighted by atomic mass is 10.2. The van der Waals surface area contributed by atoms with E-state index in [4.69, 9.17) is 5.73 Å². The summed E-state index contributed by atoms with van der Waals surface area (Å²) < 4.78 is 1.41. The van der Waals surface area contributed by atoms with Gasteiger partial charge < -0.3 is 10.8 Å². The highest BCUT2D eigenvalue weighted by Crippen LogP contribution is 2.13. The smallest absolute Gasteiger partial charge is 0.274 e. The fourth-order valence-electron chi connectivity index (χ4n) is 1.70. The van der Waals surface area contributed by atoms with Gasteiger partial charge in [0.2, 0.25) is 0 Å². The van der Waals surface area contributed by atoms with Crippen LogP contribution in [0.4, 0.5) is 0 Å². The Hall–Kier alpha value is -2.01. The van der Waals surface area contributed by atoms with E-state index in [-0.39, 0.29) is 11.3 Å². The number of nitrogens with one attached hydrogen (secondary N) is 1. The van der Waals surface area contributed by atoms with Crippen molar-refractivity contribution in [1.29, 1.82) is 0 Å². The maximum Gasteiger partial charge on any atom is 0.274 e. The van der Waals surface area contributed by atoms with Gasteiger partial charge in [-0.05, 0) is 31.5 Å². The minimum Gasteiger partial charge on any atom is -0.508 e. The molecule has 4 N–H and O–H groups in total. The van der Waals surface area contributed by atoms with Crippen molar-refractivity contribution in [3.63, 3.8) is 0 Å². The van der Waals surface area contributed by atoms with Crippen LogP contribution in [-0.4, -0.2) is 21.4 Å². The predicted octanol–water partition coefficient (Wildman–Crippen LogP) is 0.762. The number of nitrogens with two attached hydrogens (primary N) is 1. The molecule has 1 aromatic heterocycles. The Morgan fingerprint density at radius 3 is 2.94 bits per heavy atom. The van der Waals surface area contributed by atoms with E-state index in [1.807, 2.05) is 0 Å². The summed E-state index contributed by atoms with van der Waals surface area (Å²) in [6.45, 7) is 0.566. The largest absolute Gasteiger partial charge is 0.508 e. The number of nitrogens with zero attached hydrogens (tertiary/aromatic N) is 1. The van der Waals surface area contributed by atoms with Gasteiger partial charge in [-0.2, -0.15) is 0 Å². The molecule has 1 aromatic carbocycles. The third-order valence-corrected chi connectivity index (χ3v) is 2.58. The van der Waals surface area contributed by atoms with Gasteiger partial charge in [-0.15, -0.1) is 0 Å². The standard InChI is InChI=1S/C12H15N3O2/c13-6-2-3-9-8-14-15(12(9)17)10-4-1-5-11(16)7-10/h1,4-5,7-8,14,16H,2-3,6,13H2. The van der Waals surface area contributed by atoms with E-state index in [1.165, 1.54) is 10.7 Å². The molecule has 0 unspecified atom stereocenters. The zero-order chi connectivity index (χ0) is 12.3. The lowest BCUT2D eigenvalue weighted by Gasteiger charge is -2.01. The first-order valence-corrected chi connectivity index (χ1v) is 5.51. The Morgan fingerprint density at radius 1 is 1.41 bits per heavy atom. The van der Waals surface area contributed by atoms with Gasteiger partial charge in [-0.25, -0.2) is 4.68 Å². The Kier molecular flexibility index (Phi) is 3.30. The molecule has 5 heteroatoms. The zero-order valence-corrected chi connectivity index (χ0v) is 9.39. The molecule has 17 heavy (non-hydrogen) atoms. The first kappa shape index (κ1) is 11.5. The highest BCUT2D eigenvalue weighted by molar-refractivity contribution is 5.38. The van der Waals surface area contributed by atoms with Crippen LogP contribution in [0.1, 0.15) is 12.0 Å². The van der Waals surface area contributed by atoms with Gasteiger partial charge in [0, 0.05) is 17.8 Å². The van der Waals surface area contributed by atoms with Crippen LogP contribution >= 0.6 is 0 Å². The Bertz CT molecular complexity index is 557. The molecular formula is C12H15N3O2. The summed E-state index contributed by atoms with van der Waals surface area (Å²) in [6.07, 6.45) is 3.13. The fourth-order valence-corrected chi connectivity index (χ4v) is 1.70. The number of phenolic OH excluding ortho intramolecular Hbond substituents is 1. The van der Waals surface area contributed by atoms with E-state index in [2.05, 4.69) is 5.10 Å². The summed E-state index contributed by atoms with van der Waals surface area (Å²) in [6, 6.07) is 6.54. The van der Waals surface area contributed by atoms with Crippen LogP contribution in [0.3, 0.4) is 0 Å². The van der Waals surface area contributed by atoms with Crippen molar-refractivity contribution in [3.8, 4) is 11.4 Å². The van der Waals surface area contributed by atoms with Crippen molar-refractivity contribution < 1.29 is 5.11 Å². The van der Waals surface area contributed by atoms with Crippen LogP contribution in [0.5, 0.6) is 5.75 Å². The fraction of sp³-hybridized carbons (Fsp3) is 0.250. The number of aryl methyl sites for hydroxylation is 1. The summed E-state index contributed by atoms with van der Waals surface area (Å²) in [4.78, 5) is 12.0. The monoisotopic (exact) mass is 233 g/mol. The Morgan fingerprint density at radius 2 is 2.24 bits per heavy atom. The molecule has 1 heterocycles. The van der Waals surface area contributed by atoms with Crippen molar-refractivity contribution in [2.24, 2.45) is 5.73 Å². The number of aromatic nitrogens is 2. The minimum atomic E-state index is -0.0935. The molecule has 5 nitrogen and oxygen atoms in total. The molecule has 0 atom stereocenters. The number of hydrogen-bond acceptors (Lipinski definition) is 3. The van der Waals surface area contributed by atoms with E-state index in [9.17, 15) is 9.90 Å². The number of H-pyrrole nitrogens is 1. The van der Waals surface area contributed by atoms with Crippen LogP contribution in [0.25, 0.3) is 5.69 Å². The molecule has 90 valence electrons. The third-order valence-electron chi connectivity index (χ3n) is 2.58. The average Bonchev–Trinajstić information content (AvgIpc) is 2.68. The van der Waals surface area contributed by atoms with Gasteiger partial charge in [0.25, 0.3) is 5.56 Å². The molecule has 2 aromatic rings. The second kappa shape index (κ2) is 4.88. The van der Waals surface area contributed by atoms with Crippen LogP contribution in [0.2, 0.25) is 0 Å². The molecule has 2 rings (SSSR count). The van der Waals surface area contributed by atoms with Gasteiger partial charge >= 0.3 is 0 Å². The van der Waals surface area contributed by atoms with Crippen LogP contribution in [0, 0.1) is 0 Å². The SMILES string of the molecule is NCCCc1c[nH]n(-c2cccc(O)c2)c1=O. The van der Waals surface area contributed by atoms with Crippen molar-refractivity contribution in [2.75, 3.05) is 6.54 Å². The summed E-state index contributed by atoms with van der Waals surface area (Å²) in [7, 11) is 0. The van der Waals surface area contributed by atoms with Crippen molar-refractivity contribution in [3.05, 3.63) is 46.4 Å². The van der Waals surface area contributed by atoms with E-state index in [0.29, 0.717) is 24.2 Å². The topological polar surface area (TPSA) is 84.0 Å². The molecular weight excluding hydrogens is 218 g/mol. The van der Waals surface area contributed by atoms with E-state index in [0.717, 1.165) is 6.42 Å². The van der Waals surface area contributed by atoms with E-state index < -0.39 is 0 Å². The van der Waals surface area contributed by atoms with Crippen molar-refractivity contribution in [1.82, 2.24) is 9.78 Å². The second-order valence-corrected chi connectivity index (χ2v) is 3.85. The lowest BCUT2D eigenvalue weighted by Crippen LogP contribution is -2.17. The molecule has 0 aliphatic carbocycles. The normalized spacial score (nSPS) is 10.6. The molecule has 0 spiro atoms. The van der Waals surface area contributed by atoms with Gasteiger partial charge in [-0.1, -0.05) is 6.07 Å². The Balaban J connectivity index is 2.34. The predicted molar refractivity (Wildman–Crippen MR) is 65.4 cm³/mol. The number of aromatic amines is 1. The van der Waals surface area contributed by atoms with Gasteiger partial charge in [0.1, 0.15) is 5.75 Å². The number of aromatic hydroxyl groups is 1. The third kappa shape index (κ3) is 2.39. The number of phenols is 1. The molecule has 0 saturated heterocycles. The lowest BCUT2D eigenvalue weighted by molar-refractivity contribution is 0.474. The summed E-state index contributed by atoms with van der Waals surface area (Å²) >= 11 is 0. The minimum absolute atomic E-state index is 0.0935. The highest BCUT2D eigenvalue weighted by Gasteiger charge is 2.07. The summed E-state index contributed by atoms with van der Waals surface area (Å²) in [5, 5.41) is 12.2. The zero-order valence-electron chi connectivity index (χ0n) is 9.39. The van der Waals surface area contributed by atoms with Gasteiger partial charge in [0.05, 0.1) is 5.69 Å². The van der Waals surface area contributed by atoms with Crippen molar-refractivity contribution >= 4 is 0 Å². The first-order valence-electron chi connectivity index (χ1n) is 5.51. The second-order valence-electron chi connectivity index (χ2n) is 3.85. The molecule has 0 bridgehead atoms. The van der Waals surface area contributed by atoms with Gasteiger partial charge in [-0.3, -0.25) is 9.89 Å². The van der Waals surface area contributed by atoms with E-state index >= 15 is 0 Å². The maximum absolute atomic E-state index is 12.0. The quantitative estimate of drug-likeness (QED) is 0.729. The summed E-state index contributed by atoms with van der Waals surface area (Å²) in [5.74, 6) is 0.132.